The first kappa shape index (κ1) is 11.2. The summed E-state index contributed by atoms with van der Waals surface area (Å²) in [6, 6.07) is 0. The van der Waals surface area contributed by atoms with Crippen LogP contribution >= 0.6 is 9.24 Å². The lowest BCUT2D eigenvalue weighted by atomic mass is 9.92. The van der Waals surface area contributed by atoms with E-state index in [1.165, 1.54) is 12.0 Å². The maximum absolute atomic E-state index is 4.09. The average molecular weight is 172 g/mol. The molecule has 0 aromatic heterocycles. The summed E-state index contributed by atoms with van der Waals surface area (Å²) in [5.41, 5.74) is 1.34. The number of rotatable bonds is 4. The largest absolute Gasteiger partial charge is 0.127 e. The van der Waals surface area contributed by atoms with Gasteiger partial charge >= 0.3 is 0 Å². The Morgan fingerprint density at radius 1 is 1.55 bits per heavy atom. The van der Waals surface area contributed by atoms with Crippen molar-refractivity contribution in [3.63, 3.8) is 0 Å². The van der Waals surface area contributed by atoms with Crippen LogP contribution in [0.2, 0.25) is 0 Å². The van der Waals surface area contributed by atoms with E-state index >= 15 is 0 Å². The molecule has 0 aliphatic rings. The predicted octanol–water partition coefficient (Wildman–Crippen LogP) is 3.63. The Balaban J connectivity index is 3.88. The predicted molar refractivity (Wildman–Crippen MR) is 57.0 cm³/mol. The first-order valence-electron chi connectivity index (χ1n) is 4.35. The minimum absolute atomic E-state index is 0.212. The van der Waals surface area contributed by atoms with Gasteiger partial charge in [-0.3, -0.25) is 0 Å². The van der Waals surface area contributed by atoms with E-state index in [1.807, 2.05) is 0 Å². The van der Waals surface area contributed by atoms with Gasteiger partial charge in [0, 0.05) is 0 Å². The van der Waals surface area contributed by atoms with Gasteiger partial charge in [0.05, 0.1) is 0 Å². The van der Waals surface area contributed by atoms with Gasteiger partial charge in [-0.2, -0.15) is 0 Å². The Hall–Kier alpha value is 0.170. The van der Waals surface area contributed by atoms with Crippen LogP contribution in [0, 0.1) is 5.92 Å². The Labute approximate surface area is 73.7 Å². The van der Waals surface area contributed by atoms with Crippen molar-refractivity contribution in [1.29, 1.82) is 0 Å². The van der Waals surface area contributed by atoms with Gasteiger partial charge in [0.1, 0.15) is 0 Å². The Kier molecular flexibility index (Phi) is 4.32. The summed E-state index contributed by atoms with van der Waals surface area (Å²) in [6.45, 7) is 13.0. The molecule has 66 valence electrons. The van der Waals surface area contributed by atoms with E-state index in [0.29, 0.717) is 0 Å². The van der Waals surface area contributed by atoms with Crippen molar-refractivity contribution in [2.75, 3.05) is 0 Å². The van der Waals surface area contributed by atoms with Gasteiger partial charge in [-0.25, -0.2) is 0 Å². The molecule has 0 saturated heterocycles. The zero-order chi connectivity index (χ0) is 9.07. The molecular weight excluding hydrogens is 151 g/mol. The zero-order valence-corrected chi connectivity index (χ0v) is 9.43. The second-order valence-electron chi connectivity index (χ2n) is 4.04. The molecule has 0 amide bonds. The minimum atomic E-state index is 0.212. The highest BCUT2D eigenvalue weighted by molar-refractivity contribution is 7.19. The normalized spacial score (nSPS) is 14.6. The van der Waals surface area contributed by atoms with Crippen LogP contribution in [0.3, 0.4) is 0 Å². The highest BCUT2D eigenvalue weighted by Crippen LogP contribution is 2.30. The van der Waals surface area contributed by atoms with Crippen molar-refractivity contribution in [1.82, 2.24) is 0 Å². The maximum atomic E-state index is 4.09. The first-order valence-corrected chi connectivity index (χ1v) is 4.92. The van der Waals surface area contributed by atoms with Gasteiger partial charge < -0.3 is 0 Å². The van der Waals surface area contributed by atoms with E-state index in [-0.39, 0.29) is 5.16 Å². The van der Waals surface area contributed by atoms with Gasteiger partial charge in [-0.05, 0) is 17.5 Å². The molecule has 0 heterocycles. The summed E-state index contributed by atoms with van der Waals surface area (Å²) in [5, 5.41) is 0.212. The average Bonchev–Trinajstić information content (AvgIpc) is 1.85. The molecule has 1 heteroatoms. The molecule has 0 aliphatic carbocycles. The third kappa shape index (κ3) is 4.58. The van der Waals surface area contributed by atoms with E-state index < -0.39 is 0 Å². The second kappa shape index (κ2) is 4.26. The summed E-state index contributed by atoms with van der Waals surface area (Å²) in [6.07, 6.45) is 2.41. The molecule has 0 aromatic rings. The van der Waals surface area contributed by atoms with E-state index in [9.17, 15) is 0 Å². The molecule has 0 nitrogen and oxygen atoms in total. The van der Waals surface area contributed by atoms with Gasteiger partial charge in [0.25, 0.3) is 0 Å². The van der Waals surface area contributed by atoms with Crippen LogP contribution in [0.4, 0.5) is 0 Å². The molecule has 0 saturated carbocycles. The summed E-state index contributed by atoms with van der Waals surface area (Å²) in [7, 11) is 2.84. The number of hydrogen-bond donors (Lipinski definition) is 0. The number of allylic oxidation sites excluding steroid dienone is 1. The van der Waals surface area contributed by atoms with Crippen LogP contribution in [0.25, 0.3) is 0 Å². The van der Waals surface area contributed by atoms with Crippen LogP contribution in [-0.4, -0.2) is 5.16 Å². The summed E-state index contributed by atoms with van der Waals surface area (Å²) < 4.78 is 0. The quantitative estimate of drug-likeness (QED) is 0.448. The van der Waals surface area contributed by atoms with Crippen LogP contribution < -0.4 is 0 Å². The molecule has 2 unspecified atom stereocenters. The van der Waals surface area contributed by atoms with Gasteiger partial charge in [0.2, 0.25) is 0 Å². The Morgan fingerprint density at radius 3 is 2.27 bits per heavy atom. The van der Waals surface area contributed by atoms with Crippen molar-refractivity contribution in [2.24, 2.45) is 5.92 Å². The lowest BCUT2D eigenvalue weighted by Gasteiger charge is -2.23. The van der Waals surface area contributed by atoms with Gasteiger partial charge in [-0.15, -0.1) is 9.24 Å². The van der Waals surface area contributed by atoms with Crippen molar-refractivity contribution in [2.45, 2.75) is 45.7 Å². The fourth-order valence-corrected chi connectivity index (χ4v) is 0.946. The highest BCUT2D eigenvalue weighted by atomic mass is 31.0. The van der Waals surface area contributed by atoms with E-state index in [2.05, 4.69) is 43.5 Å². The van der Waals surface area contributed by atoms with Crippen LogP contribution in [0.1, 0.15) is 40.5 Å². The molecule has 2 atom stereocenters. The highest BCUT2D eigenvalue weighted by Gasteiger charge is 2.16. The van der Waals surface area contributed by atoms with Crippen LogP contribution in [-0.2, 0) is 0 Å². The molecule has 11 heavy (non-hydrogen) atoms. The second-order valence-corrected chi connectivity index (χ2v) is 5.49. The zero-order valence-electron chi connectivity index (χ0n) is 8.28. The first-order chi connectivity index (χ1) is 4.88. The van der Waals surface area contributed by atoms with Crippen molar-refractivity contribution < 1.29 is 0 Å². The standard InChI is InChI=1S/C10H21P/c1-6-8(2)7-9(3)10(4,5)11/h8H,3,6-7,11H2,1-2,4-5H3. The maximum Gasteiger partial charge on any atom is -0.000222 e. The third-order valence-electron chi connectivity index (χ3n) is 2.20. The molecule has 0 rings (SSSR count). The summed E-state index contributed by atoms with van der Waals surface area (Å²) >= 11 is 0. The SMILES string of the molecule is C=C(CC(C)CC)C(C)(C)P. The Morgan fingerprint density at radius 2 is 2.00 bits per heavy atom. The summed E-state index contributed by atoms with van der Waals surface area (Å²) in [5.74, 6) is 0.780. The molecule has 0 aromatic carbocycles. The smallest absolute Gasteiger partial charge is 0.000222 e. The van der Waals surface area contributed by atoms with Crippen molar-refractivity contribution in [3.05, 3.63) is 12.2 Å². The molecule has 0 N–H and O–H groups in total. The van der Waals surface area contributed by atoms with E-state index in [1.54, 1.807) is 0 Å². The lowest BCUT2D eigenvalue weighted by molar-refractivity contribution is 0.537. The van der Waals surface area contributed by atoms with Gasteiger partial charge in [0.15, 0.2) is 0 Å². The van der Waals surface area contributed by atoms with Crippen LogP contribution in [0.15, 0.2) is 12.2 Å². The Bertz CT molecular complexity index is 130. The number of hydrogen-bond acceptors (Lipinski definition) is 0. The van der Waals surface area contributed by atoms with Gasteiger partial charge in [-0.1, -0.05) is 46.3 Å². The fraction of sp³-hybridized carbons (Fsp3) is 0.800. The lowest BCUT2D eigenvalue weighted by Crippen LogP contribution is -2.14. The fourth-order valence-electron chi connectivity index (χ4n) is 0.828. The van der Waals surface area contributed by atoms with E-state index in [4.69, 9.17) is 0 Å². The topological polar surface area (TPSA) is 0 Å². The van der Waals surface area contributed by atoms with E-state index in [0.717, 1.165) is 12.3 Å². The minimum Gasteiger partial charge on any atom is -0.127 e. The molecule has 0 radical (unpaired) electrons. The van der Waals surface area contributed by atoms with Crippen LogP contribution in [0.5, 0.6) is 0 Å². The van der Waals surface area contributed by atoms with Crippen molar-refractivity contribution >= 4 is 9.24 Å². The van der Waals surface area contributed by atoms with Crippen molar-refractivity contribution in [3.8, 4) is 0 Å². The molecular formula is C10H21P. The molecule has 0 aliphatic heterocycles. The monoisotopic (exact) mass is 172 g/mol. The third-order valence-corrected chi connectivity index (χ3v) is 2.61. The molecule has 0 spiro atoms. The summed E-state index contributed by atoms with van der Waals surface area (Å²) in [4.78, 5) is 0. The molecule has 0 fully saturated rings. The molecule has 0 bridgehead atoms.